The van der Waals surface area contributed by atoms with Crippen LogP contribution >= 0.6 is 0 Å². The van der Waals surface area contributed by atoms with E-state index in [1.807, 2.05) is 31.2 Å². The molecule has 0 radical (unpaired) electrons. The number of carbonyl (C=O) groups is 1. The molecule has 2 aromatic rings. The second-order valence-electron chi connectivity index (χ2n) is 5.29. The fourth-order valence-corrected chi connectivity index (χ4v) is 2.06. The van der Waals surface area contributed by atoms with E-state index in [2.05, 4.69) is 19.2 Å². The number of aryl methyl sites for hydroxylation is 1. The first-order valence-corrected chi connectivity index (χ1v) is 6.83. The van der Waals surface area contributed by atoms with Crippen molar-refractivity contribution in [3.8, 4) is 0 Å². The lowest BCUT2D eigenvalue weighted by Crippen LogP contribution is -2.24. The van der Waals surface area contributed by atoms with E-state index in [-0.39, 0.29) is 5.78 Å². The van der Waals surface area contributed by atoms with Crippen LogP contribution in [0.4, 0.5) is 0 Å². The number of furan rings is 1. The van der Waals surface area contributed by atoms with Gasteiger partial charge in [-0.3, -0.25) is 4.79 Å². The maximum Gasteiger partial charge on any atom is 0.198 e. The lowest BCUT2D eigenvalue weighted by atomic mass is 10.1. The largest absolute Gasteiger partial charge is 0.453 e. The third-order valence-corrected chi connectivity index (χ3v) is 3.08. The molecule has 0 aliphatic heterocycles. The van der Waals surface area contributed by atoms with E-state index >= 15 is 0 Å². The van der Waals surface area contributed by atoms with Crippen molar-refractivity contribution in [2.75, 3.05) is 6.54 Å². The molecule has 0 saturated heterocycles. The quantitative estimate of drug-likeness (QED) is 0.635. The van der Waals surface area contributed by atoms with Gasteiger partial charge in [-0.1, -0.05) is 25.5 Å². The second-order valence-corrected chi connectivity index (χ2v) is 5.29. The van der Waals surface area contributed by atoms with E-state index in [0.29, 0.717) is 18.2 Å². The maximum atomic E-state index is 12.0. The van der Waals surface area contributed by atoms with E-state index < -0.39 is 0 Å². The first-order valence-electron chi connectivity index (χ1n) is 6.83. The molecule has 1 heterocycles. The minimum absolute atomic E-state index is 0.0828. The van der Waals surface area contributed by atoms with Crippen molar-refractivity contribution in [1.29, 1.82) is 0 Å². The van der Waals surface area contributed by atoms with Crippen molar-refractivity contribution in [1.82, 2.24) is 5.32 Å². The number of benzene rings is 1. The molecule has 102 valence electrons. The topological polar surface area (TPSA) is 42.2 Å². The third-order valence-electron chi connectivity index (χ3n) is 3.08. The predicted molar refractivity (Wildman–Crippen MR) is 77.7 cm³/mol. The van der Waals surface area contributed by atoms with Gasteiger partial charge in [0.2, 0.25) is 0 Å². The highest BCUT2D eigenvalue weighted by atomic mass is 16.3. The second kappa shape index (κ2) is 6.02. The monoisotopic (exact) mass is 259 g/mol. The minimum atomic E-state index is 0.0828. The SMILES string of the molecule is Cc1ccc2oc(C(=O)CCCNC(C)C)cc2c1. The van der Waals surface area contributed by atoms with Gasteiger partial charge in [-0.15, -0.1) is 0 Å². The van der Waals surface area contributed by atoms with Gasteiger partial charge < -0.3 is 9.73 Å². The molecule has 0 aliphatic rings. The molecule has 1 aromatic heterocycles. The molecule has 0 spiro atoms. The van der Waals surface area contributed by atoms with Crippen LogP contribution in [0.5, 0.6) is 0 Å². The summed E-state index contributed by atoms with van der Waals surface area (Å²) in [6.45, 7) is 7.10. The van der Waals surface area contributed by atoms with Gasteiger partial charge in [-0.2, -0.15) is 0 Å². The summed E-state index contributed by atoms with van der Waals surface area (Å²) in [5.74, 6) is 0.560. The van der Waals surface area contributed by atoms with E-state index in [1.165, 1.54) is 5.56 Å². The summed E-state index contributed by atoms with van der Waals surface area (Å²) >= 11 is 0. The average Bonchev–Trinajstić information content (AvgIpc) is 2.77. The first kappa shape index (κ1) is 13.8. The van der Waals surface area contributed by atoms with Crippen molar-refractivity contribution in [3.05, 3.63) is 35.6 Å². The number of nitrogens with one attached hydrogen (secondary N) is 1. The number of carbonyl (C=O) groups excluding carboxylic acids is 1. The number of ketones is 1. The van der Waals surface area contributed by atoms with E-state index in [9.17, 15) is 4.79 Å². The predicted octanol–water partition coefficient (Wildman–Crippen LogP) is 3.70. The smallest absolute Gasteiger partial charge is 0.198 e. The Kier molecular flexibility index (Phi) is 4.38. The van der Waals surface area contributed by atoms with Gasteiger partial charge in [0.25, 0.3) is 0 Å². The fourth-order valence-electron chi connectivity index (χ4n) is 2.06. The summed E-state index contributed by atoms with van der Waals surface area (Å²) in [6.07, 6.45) is 1.37. The van der Waals surface area contributed by atoms with Crippen molar-refractivity contribution in [2.45, 2.75) is 39.7 Å². The zero-order valence-corrected chi connectivity index (χ0v) is 11.8. The Labute approximate surface area is 114 Å². The van der Waals surface area contributed by atoms with E-state index in [0.717, 1.165) is 23.9 Å². The summed E-state index contributed by atoms with van der Waals surface area (Å²) in [5.41, 5.74) is 1.96. The Balaban J connectivity index is 1.97. The number of rotatable bonds is 6. The molecule has 0 amide bonds. The van der Waals surface area contributed by atoms with Gasteiger partial charge in [0, 0.05) is 17.8 Å². The van der Waals surface area contributed by atoms with Crippen LogP contribution in [0.2, 0.25) is 0 Å². The van der Waals surface area contributed by atoms with Gasteiger partial charge in [-0.05, 0) is 38.1 Å². The van der Waals surface area contributed by atoms with Crippen LogP contribution in [0.25, 0.3) is 11.0 Å². The zero-order valence-electron chi connectivity index (χ0n) is 11.8. The standard InChI is InChI=1S/C16H21NO2/c1-11(2)17-8-4-5-14(18)16-10-13-9-12(3)6-7-15(13)19-16/h6-7,9-11,17H,4-5,8H2,1-3H3. The Morgan fingerprint density at radius 2 is 2.11 bits per heavy atom. The van der Waals surface area contributed by atoms with E-state index in [4.69, 9.17) is 4.42 Å². The van der Waals surface area contributed by atoms with Crippen LogP contribution in [0.15, 0.2) is 28.7 Å². The van der Waals surface area contributed by atoms with Crippen molar-refractivity contribution in [2.24, 2.45) is 0 Å². The molecule has 0 atom stereocenters. The molecule has 1 aromatic carbocycles. The fraction of sp³-hybridized carbons (Fsp3) is 0.438. The molecule has 1 N–H and O–H groups in total. The first-order chi connectivity index (χ1) is 9.06. The molecular formula is C16H21NO2. The van der Waals surface area contributed by atoms with Crippen molar-refractivity contribution < 1.29 is 9.21 Å². The molecule has 0 saturated carbocycles. The summed E-state index contributed by atoms with van der Waals surface area (Å²) in [4.78, 5) is 12.0. The molecule has 2 rings (SSSR count). The van der Waals surface area contributed by atoms with Crippen LogP contribution in [0.1, 0.15) is 42.8 Å². The van der Waals surface area contributed by atoms with Gasteiger partial charge in [0.15, 0.2) is 11.5 Å². The Bertz CT molecular complexity index is 569. The van der Waals surface area contributed by atoms with Crippen molar-refractivity contribution in [3.63, 3.8) is 0 Å². The molecule has 0 bridgehead atoms. The van der Waals surface area contributed by atoms with Crippen LogP contribution < -0.4 is 5.32 Å². The highest BCUT2D eigenvalue weighted by Crippen LogP contribution is 2.21. The Morgan fingerprint density at radius 3 is 2.84 bits per heavy atom. The summed E-state index contributed by atoms with van der Waals surface area (Å²) < 4.78 is 5.59. The molecule has 3 heteroatoms. The highest BCUT2D eigenvalue weighted by molar-refractivity contribution is 5.97. The lowest BCUT2D eigenvalue weighted by Gasteiger charge is -2.06. The Hall–Kier alpha value is -1.61. The third kappa shape index (κ3) is 3.67. The van der Waals surface area contributed by atoms with Crippen LogP contribution in [0, 0.1) is 6.92 Å². The maximum absolute atomic E-state index is 12.0. The highest BCUT2D eigenvalue weighted by Gasteiger charge is 2.11. The molecule has 19 heavy (non-hydrogen) atoms. The molecular weight excluding hydrogens is 238 g/mol. The number of hydrogen-bond acceptors (Lipinski definition) is 3. The number of Topliss-reactive ketones (excluding diaryl/α,β-unsaturated/α-hetero) is 1. The van der Waals surface area contributed by atoms with Crippen LogP contribution in [-0.4, -0.2) is 18.4 Å². The van der Waals surface area contributed by atoms with Gasteiger partial charge >= 0.3 is 0 Å². The number of hydrogen-bond donors (Lipinski definition) is 1. The summed E-state index contributed by atoms with van der Waals surface area (Å²) in [5, 5.41) is 4.31. The average molecular weight is 259 g/mol. The molecule has 0 unspecified atom stereocenters. The lowest BCUT2D eigenvalue weighted by molar-refractivity contribution is 0.0955. The summed E-state index contributed by atoms with van der Waals surface area (Å²) in [7, 11) is 0. The molecule has 3 nitrogen and oxygen atoms in total. The Morgan fingerprint density at radius 1 is 1.32 bits per heavy atom. The van der Waals surface area contributed by atoms with Gasteiger partial charge in [0.1, 0.15) is 5.58 Å². The molecule has 0 aliphatic carbocycles. The number of fused-ring (bicyclic) bond motifs is 1. The molecule has 0 fully saturated rings. The summed E-state index contributed by atoms with van der Waals surface area (Å²) in [6, 6.07) is 8.26. The van der Waals surface area contributed by atoms with E-state index in [1.54, 1.807) is 0 Å². The minimum Gasteiger partial charge on any atom is -0.453 e. The van der Waals surface area contributed by atoms with Crippen LogP contribution in [-0.2, 0) is 0 Å². The van der Waals surface area contributed by atoms with Crippen molar-refractivity contribution >= 4 is 16.8 Å². The van der Waals surface area contributed by atoms with Gasteiger partial charge in [-0.25, -0.2) is 0 Å². The van der Waals surface area contributed by atoms with Crippen LogP contribution in [0.3, 0.4) is 0 Å². The zero-order chi connectivity index (χ0) is 13.8. The van der Waals surface area contributed by atoms with Gasteiger partial charge in [0.05, 0.1) is 0 Å². The normalized spacial score (nSPS) is 11.4.